The number of esters is 1. The van der Waals surface area contributed by atoms with Crippen LogP contribution in [0.5, 0.6) is 0 Å². The number of carbonyl (C=O) groups is 1. The van der Waals surface area contributed by atoms with E-state index in [1.54, 1.807) is 6.92 Å². The number of hydrogen-bond donors (Lipinski definition) is 1. The van der Waals surface area contributed by atoms with Crippen molar-refractivity contribution in [3.8, 4) is 0 Å². The minimum atomic E-state index is -0.421. The molecule has 0 saturated heterocycles. The Hall–Kier alpha value is -1.65. The Morgan fingerprint density at radius 3 is 2.60 bits per heavy atom. The lowest BCUT2D eigenvalue weighted by Crippen LogP contribution is -2.14. The lowest BCUT2D eigenvalue weighted by molar-refractivity contribution is 0.0518. The van der Waals surface area contributed by atoms with Gasteiger partial charge in [0, 0.05) is 6.54 Å². The molecule has 0 radical (unpaired) electrons. The maximum atomic E-state index is 11.7. The molecule has 0 aliphatic carbocycles. The van der Waals surface area contributed by atoms with Crippen molar-refractivity contribution in [3.63, 3.8) is 0 Å². The highest BCUT2D eigenvalue weighted by molar-refractivity contribution is 5.87. The smallest absolute Gasteiger partial charge is 0.358 e. The van der Waals surface area contributed by atoms with Crippen LogP contribution in [0.3, 0.4) is 0 Å². The molecular weight excluding hydrogens is 254 g/mol. The number of anilines is 1. The minimum Gasteiger partial charge on any atom is -0.461 e. The number of aromatic nitrogens is 2. The summed E-state index contributed by atoms with van der Waals surface area (Å²) in [7, 11) is 0. The molecule has 1 heterocycles. The fourth-order valence-corrected chi connectivity index (χ4v) is 1.72. The molecule has 1 rings (SSSR count). The molecule has 0 spiro atoms. The molecule has 0 aromatic carbocycles. The maximum absolute atomic E-state index is 11.7. The van der Waals surface area contributed by atoms with Gasteiger partial charge in [0.2, 0.25) is 0 Å². The standard InChI is InChI=1S/C15H25N3O2/c1-6-20-15(19)12-9-17-14(13(18-12)11(4)5)16-8-7-10(2)3/h9-11H,6-8H2,1-5H3,(H,16,17). The molecule has 5 heteroatoms. The third-order valence-electron chi connectivity index (χ3n) is 2.85. The summed E-state index contributed by atoms with van der Waals surface area (Å²) in [6, 6.07) is 0. The molecule has 0 aliphatic rings. The molecule has 0 amide bonds. The molecule has 0 unspecified atom stereocenters. The van der Waals surface area contributed by atoms with Crippen molar-refractivity contribution < 1.29 is 9.53 Å². The summed E-state index contributed by atoms with van der Waals surface area (Å²) in [6.07, 6.45) is 2.54. The first-order valence-electron chi connectivity index (χ1n) is 7.23. The zero-order chi connectivity index (χ0) is 15.1. The van der Waals surface area contributed by atoms with E-state index >= 15 is 0 Å². The monoisotopic (exact) mass is 279 g/mol. The molecule has 0 bridgehead atoms. The minimum absolute atomic E-state index is 0.193. The first kappa shape index (κ1) is 16.4. The normalized spacial score (nSPS) is 10.9. The Morgan fingerprint density at radius 2 is 2.05 bits per heavy atom. The van der Waals surface area contributed by atoms with Gasteiger partial charge in [-0.1, -0.05) is 27.7 Å². The van der Waals surface area contributed by atoms with Gasteiger partial charge in [0.05, 0.1) is 18.5 Å². The van der Waals surface area contributed by atoms with Crippen molar-refractivity contribution >= 4 is 11.8 Å². The molecule has 0 atom stereocenters. The first-order chi connectivity index (χ1) is 9.45. The van der Waals surface area contributed by atoms with Crippen LogP contribution in [0.2, 0.25) is 0 Å². The van der Waals surface area contributed by atoms with E-state index in [1.165, 1.54) is 6.20 Å². The number of rotatable bonds is 7. The van der Waals surface area contributed by atoms with E-state index in [9.17, 15) is 4.79 Å². The van der Waals surface area contributed by atoms with Crippen LogP contribution in [-0.4, -0.2) is 29.1 Å². The summed E-state index contributed by atoms with van der Waals surface area (Å²) < 4.78 is 4.95. The van der Waals surface area contributed by atoms with Crippen LogP contribution in [-0.2, 0) is 4.74 Å². The van der Waals surface area contributed by atoms with Gasteiger partial charge in [-0.3, -0.25) is 0 Å². The molecule has 5 nitrogen and oxygen atoms in total. The van der Waals surface area contributed by atoms with Crippen LogP contribution in [0.1, 0.15) is 63.1 Å². The van der Waals surface area contributed by atoms with Crippen LogP contribution in [0.15, 0.2) is 6.20 Å². The molecule has 1 aromatic rings. The summed E-state index contributed by atoms with van der Waals surface area (Å²) in [5.41, 5.74) is 1.07. The topological polar surface area (TPSA) is 64.1 Å². The van der Waals surface area contributed by atoms with Gasteiger partial charge >= 0.3 is 5.97 Å². The molecule has 1 N–H and O–H groups in total. The Labute approximate surface area is 121 Å². The summed E-state index contributed by atoms with van der Waals surface area (Å²) in [6.45, 7) is 11.4. The van der Waals surface area contributed by atoms with Crippen molar-refractivity contribution in [1.82, 2.24) is 9.97 Å². The van der Waals surface area contributed by atoms with Crippen LogP contribution < -0.4 is 5.32 Å². The quantitative estimate of drug-likeness (QED) is 0.776. The third-order valence-corrected chi connectivity index (χ3v) is 2.85. The fraction of sp³-hybridized carbons (Fsp3) is 0.667. The second kappa shape index (κ2) is 7.82. The van der Waals surface area contributed by atoms with Crippen molar-refractivity contribution in [2.75, 3.05) is 18.5 Å². The molecular formula is C15H25N3O2. The number of ether oxygens (including phenoxy) is 1. The average Bonchev–Trinajstić information content (AvgIpc) is 2.38. The molecule has 1 aromatic heterocycles. The van der Waals surface area contributed by atoms with Crippen LogP contribution in [0, 0.1) is 5.92 Å². The molecule has 0 fully saturated rings. The van der Waals surface area contributed by atoms with Crippen LogP contribution in [0.25, 0.3) is 0 Å². The van der Waals surface area contributed by atoms with Crippen molar-refractivity contribution in [2.45, 2.75) is 47.0 Å². The molecule has 0 saturated carbocycles. The van der Waals surface area contributed by atoms with E-state index in [1.807, 2.05) is 13.8 Å². The highest BCUT2D eigenvalue weighted by Crippen LogP contribution is 2.20. The average molecular weight is 279 g/mol. The van der Waals surface area contributed by atoms with Gasteiger partial charge in [0.25, 0.3) is 0 Å². The zero-order valence-corrected chi connectivity index (χ0v) is 13.1. The predicted molar refractivity (Wildman–Crippen MR) is 80.0 cm³/mol. The SMILES string of the molecule is CCOC(=O)c1cnc(NCCC(C)C)c(C(C)C)n1. The van der Waals surface area contributed by atoms with Crippen molar-refractivity contribution in [1.29, 1.82) is 0 Å². The van der Waals surface area contributed by atoms with E-state index in [4.69, 9.17) is 4.74 Å². The zero-order valence-electron chi connectivity index (χ0n) is 13.1. The van der Waals surface area contributed by atoms with Gasteiger partial charge in [-0.2, -0.15) is 0 Å². The number of hydrogen-bond acceptors (Lipinski definition) is 5. The van der Waals surface area contributed by atoms with E-state index in [0.717, 1.165) is 24.5 Å². The second-order valence-electron chi connectivity index (χ2n) is 5.47. The maximum Gasteiger partial charge on any atom is 0.358 e. The highest BCUT2D eigenvalue weighted by atomic mass is 16.5. The largest absolute Gasteiger partial charge is 0.461 e. The Kier molecular flexibility index (Phi) is 6.42. The second-order valence-corrected chi connectivity index (χ2v) is 5.47. The van der Waals surface area contributed by atoms with E-state index < -0.39 is 5.97 Å². The Balaban J connectivity index is 2.87. The highest BCUT2D eigenvalue weighted by Gasteiger charge is 2.15. The van der Waals surface area contributed by atoms with E-state index in [-0.39, 0.29) is 11.6 Å². The first-order valence-corrected chi connectivity index (χ1v) is 7.23. The number of nitrogens with one attached hydrogen (secondary N) is 1. The number of carbonyl (C=O) groups excluding carboxylic acids is 1. The van der Waals surface area contributed by atoms with Gasteiger partial charge in [-0.15, -0.1) is 0 Å². The fourth-order valence-electron chi connectivity index (χ4n) is 1.72. The van der Waals surface area contributed by atoms with Gasteiger partial charge in [-0.25, -0.2) is 14.8 Å². The summed E-state index contributed by atoms with van der Waals surface area (Å²) in [4.78, 5) is 20.4. The molecule has 0 aliphatic heterocycles. The van der Waals surface area contributed by atoms with Crippen LogP contribution >= 0.6 is 0 Å². The Morgan fingerprint density at radius 1 is 1.35 bits per heavy atom. The van der Waals surface area contributed by atoms with Gasteiger partial charge in [0.1, 0.15) is 5.82 Å². The Bertz CT molecular complexity index is 445. The summed E-state index contributed by atoms with van der Waals surface area (Å²) in [5.74, 6) is 1.17. The van der Waals surface area contributed by atoms with E-state index in [0.29, 0.717) is 12.5 Å². The lowest BCUT2D eigenvalue weighted by atomic mass is 10.1. The van der Waals surface area contributed by atoms with Gasteiger partial charge < -0.3 is 10.1 Å². The summed E-state index contributed by atoms with van der Waals surface area (Å²) >= 11 is 0. The third kappa shape index (κ3) is 4.79. The summed E-state index contributed by atoms with van der Waals surface area (Å²) in [5, 5.41) is 3.30. The van der Waals surface area contributed by atoms with Crippen molar-refractivity contribution in [3.05, 3.63) is 17.6 Å². The lowest BCUT2D eigenvalue weighted by Gasteiger charge is -2.14. The van der Waals surface area contributed by atoms with E-state index in [2.05, 4.69) is 29.1 Å². The molecule has 20 heavy (non-hydrogen) atoms. The molecule has 112 valence electrons. The predicted octanol–water partition coefficient (Wildman–Crippen LogP) is 3.23. The van der Waals surface area contributed by atoms with Gasteiger partial charge in [-0.05, 0) is 25.2 Å². The van der Waals surface area contributed by atoms with Gasteiger partial charge in [0.15, 0.2) is 5.69 Å². The number of nitrogens with zero attached hydrogens (tertiary/aromatic N) is 2. The van der Waals surface area contributed by atoms with Crippen LogP contribution in [0.4, 0.5) is 5.82 Å². The van der Waals surface area contributed by atoms with Crippen molar-refractivity contribution in [2.24, 2.45) is 5.92 Å².